The lowest BCUT2D eigenvalue weighted by atomic mass is 9.92. The highest BCUT2D eigenvalue weighted by atomic mass is 16.3. The van der Waals surface area contributed by atoms with Gasteiger partial charge in [0.25, 0.3) is 11.8 Å². The number of carbonyl (C=O) groups is 3. The van der Waals surface area contributed by atoms with Gasteiger partial charge in [-0.05, 0) is 37.0 Å². The van der Waals surface area contributed by atoms with E-state index in [1.54, 1.807) is 13.0 Å². The molecule has 0 saturated heterocycles. The normalized spacial score (nSPS) is 17.7. The van der Waals surface area contributed by atoms with E-state index >= 15 is 0 Å². The van der Waals surface area contributed by atoms with Gasteiger partial charge in [0.1, 0.15) is 6.04 Å². The fourth-order valence-corrected chi connectivity index (χ4v) is 3.91. The van der Waals surface area contributed by atoms with Crippen molar-refractivity contribution in [2.75, 3.05) is 11.6 Å². The van der Waals surface area contributed by atoms with Crippen LogP contribution in [-0.2, 0) is 9.59 Å². The van der Waals surface area contributed by atoms with Crippen LogP contribution in [0.25, 0.3) is 11.1 Å². The van der Waals surface area contributed by atoms with E-state index in [-0.39, 0.29) is 18.4 Å². The average Bonchev–Trinajstić information content (AvgIpc) is 2.91. The molecule has 1 unspecified atom stereocenters. The number of rotatable bonds is 7. The first-order valence-electron chi connectivity index (χ1n) is 11.3. The topological polar surface area (TPSA) is 111 Å². The van der Waals surface area contributed by atoms with Crippen LogP contribution in [0, 0.1) is 5.92 Å². The van der Waals surface area contributed by atoms with Crippen LogP contribution in [-0.4, -0.2) is 41.6 Å². The van der Waals surface area contributed by atoms with Gasteiger partial charge in [-0.25, -0.2) is 9.80 Å². The summed E-state index contributed by atoms with van der Waals surface area (Å²) in [4.78, 5) is 38.6. The van der Waals surface area contributed by atoms with Gasteiger partial charge in [-0.15, -0.1) is 0 Å². The quantitative estimate of drug-likeness (QED) is 0.518. The number of aliphatic hydroxyl groups is 1. The van der Waals surface area contributed by atoms with Crippen molar-refractivity contribution >= 4 is 23.5 Å². The molecule has 0 radical (unpaired) electrons. The number of amides is 4. The number of fused-ring (bicyclic) bond motifs is 3. The number of benzene rings is 2. The minimum atomic E-state index is -0.915. The Balaban J connectivity index is 1.78. The molecule has 0 bridgehead atoms. The van der Waals surface area contributed by atoms with Gasteiger partial charge in [0.15, 0.2) is 0 Å². The summed E-state index contributed by atoms with van der Waals surface area (Å²) >= 11 is 0. The Kier molecular flexibility index (Phi) is 7.71. The van der Waals surface area contributed by atoms with Gasteiger partial charge in [-0.3, -0.25) is 15.0 Å². The fraction of sp³-hybridized carbons (Fsp3) is 0.400. The number of nitrogens with one attached hydrogen (secondary N) is 3. The molecule has 2 aromatic rings. The first-order valence-corrected chi connectivity index (χ1v) is 11.3. The minimum absolute atomic E-state index is 0.0826. The van der Waals surface area contributed by atoms with Crippen molar-refractivity contribution < 1.29 is 19.5 Å². The molecule has 4 amide bonds. The van der Waals surface area contributed by atoms with Crippen LogP contribution >= 0.6 is 0 Å². The molecule has 4 N–H and O–H groups in total. The number of aliphatic hydroxyl groups excluding tert-OH is 1. The zero-order valence-electron chi connectivity index (χ0n) is 19.5. The lowest BCUT2D eigenvalue weighted by Gasteiger charge is -2.27. The van der Waals surface area contributed by atoms with E-state index in [0.29, 0.717) is 5.69 Å². The second-order valence-corrected chi connectivity index (χ2v) is 8.49. The number of hydrazine groups is 1. The molecular weight excluding hydrogens is 420 g/mol. The monoisotopic (exact) mass is 452 g/mol. The van der Waals surface area contributed by atoms with E-state index in [4.69, 9.17) is 0 Å². The third-order valence-electron chi connectivity index (χ3n) is 6.26. The Labute approximate surface area is 194 Å². The molecule has 176 valence electrons. The zero-order valence-corrected chi connectivity index (χ0v) is 19.5. The van der Waals surface area contributed by atoms with E-state index in [0.717, 1.165) is 23.1 Å². The van der Waals surface area contributed by atoms with Crippen LogP contribution in [0.5, 0.6) is 0 Å². The highest BCUT2D eigenvalue weighted by molar-refractivity contribution is 6.06. The number of carbonyl (C=O) groups excluding carboxylic acids is 3. The smallest absolute Gasteiger partial charge is 0.315 e. The number of anilines is 1. The van der Waals surface area contributed by atoms with Gasteiger partial charge in [0, 0.05) is 5.56 Å². The van der Waals surface area contributed by atoms with Gasteiger partial charge >= 0.3 is 6.03 Å². The molecule has 3 rings (SSSR count). The molecule has 1 aliphatic rings. The number of hydrogen-bond acceptors (Lipinski definition) is 4. The van der Waals surface area contributed by atoms with Crippen LogP contribution in [0.2, 0.25) is 0 Å². The number of para-hydroxylation sites is 1. The molecule has 8 nitrogen and oxygen atoms in total. The second-order valence-electron chi connectivity index (χ2n) is 8.49. The Hall–Kier alpha value is -3.39. The number of hydrogen-bond donors (Lipinski definition) is 4. The summed E-state index contributed by atoms with van der Waals surface area (Å²) in [5, 5.41) is 16.1. The van der Waals surface area contributed by atoms with Crippen LogP contribution in [0.4, 0.5) is 10.5 Å². The third kappa shape index (κ3) is 5.17. The molecule has 8 heteroatoms. The standard InChI is InChI=1S/C25H32N4O4/c1-5-15(2)21(14-30)27-25(33)26-17(4)23(31)28-29-22-13-9-8-12-20(22)19-11-7-6-10-18(19)16(3)24(29)32/h6-13,15-17,21,30H,5,14H2,1-4H3,(H,28,31)(H2,26,27,33)/t15-,16?,17-,21+/m0/s1. The Morgan fingerprint density at radius 3 is 2.33 bits per heavy atom. The van der Waals surface area contributed by atoms with Crippen molar-refractivity contribution in [1.29, 1.82) is 0 Å². The van der Waals surface area contributed by atoms with Crippen molar-refractivity contribution in [3.63, 3.8) is 0 Å². The van der Waals surface area contributed by atoms with Crippen LogP contribution in [0.1, 0.15) is 45.6 Å². The summed E-state index contributed by atoms with van der Waals surface area (Å²) < 4.78 is 0. The fourth-order valence-electron chi connectivity index (χ4n) is 3.91. The van der Waals surface area contributed by atoms with E-state index in [9.17, 15) is 19.5 Å². The molecule has 0 saturated carbocycles. The second kappa shape index (κ2) is 10.5. The highest BCUT2D eigenvalue weighted by Gasteiger charge is 2.33. The van der Waals surface area contributed by atoms with E-state index in [2.05, 4.69) is 16.1 Å². The first-order chi connectivity index (χ1) is 15.8. The van der Waals surface area contributed by atoms with Crippen molar-refractivity contribution in [1.82, 2.24) is 16.1 Å². The predicted octanol–water partition coefficient (Wildman–Crippen LogP) is 2.93. The van der Waals surface area contributed by atoms with Crippen LogP contribution in [0.3, 0.4) is 0 Å². The number of nitrogens with zero attached hydrogens (tertiary/aromatic N) is 1. The van der Waals surface area contributed by atoms with Crippen molar-refractivity contribution in [2.45, 2.75) is 52.1 Å². The molecule has 1 aliphatic heterocycles. The van der Waals surface area contributed by atoms with Gasteiger partial charge in [-0.2, -0.15) is 0 Å². The zero-order chi connectivity index (χ0) is 24.1. The van der Waals surface area contributed by atoms with Gasteiger partial charge in [0.05, 0.1) is 24.3 Å². The molecule has 1 heterocycles. The van der Waals surface area contributed by atoms with E-state index < -0.39 is 29.9 Å². The summed E-state index contributed by atoms with van der Waals surface area (Å²) in [7, 11) is 0. The predicted molar refractivity (Wildman–Crippen MR) is 127 cm³/mol. The average molecular weight is 453 g/mol. The highest BCUT2D eigenvalue weighted by Crippen LogP contribution is 2.39. The SMILES string of the molecule is CC[C@H](C)[C@@H](CO)NC(=O)N[C@@H](C)C(=O)NN1C(=O)C(C)c2ccccc2-c2ccccc21. The van der Waals surface area contributed by atoms with E-state index in [1.807, 2.05) is 63.2 Å². The summed E-state index contributed by atoms with van der Waals surface area (Å²) in [5.41, 5.74) is 5.92. The molecule has 2 aromatic carbocycles. The summed E-state index contributed by atoms with van der Waals surface area (Å²) in [6.45, 7) is 7.06. The Morgan fingerprint density at radius 1 is 1.03 bits per heavy atom. The number of urea groups is 1. The van der Waals surface area contributed by atoms with Gasteiger partial charge in [-0.1, -0.05) is 62.7 Å². The molecule has 33 heavy (non-hydrogen) atoms. The van der Waals surface area contributed by atoms with Crippen molar-refractivity contribution in [3.8, 4) is 11.1 Å². The summed E-state index contributed by atoms with van der Waals surface area (Å²) in [6.07, 6.45) is 0.790. The lowest BCUT2D eigenvalue weighted by Crippen LogP contribution is -2.56. The molecule has 0 spiro atoms. The maximum atomic E-state index is 13.3. The minimum Gasteiger partial charge on any atom is -0.394 e. The third-order valence-corrected chi connectivity index (χ3v) is 6.26. The maximum Gasteiger partial charge on any atom is 0.315 e. The molecule has 4 atom stereocenters. The largest absolute Gasteiger partial charge is 0.394 e. The van der Waals surface area contributed by atoms with Crippen molar-refractivity contribution in [3.05, 3.63) is 54.1 Å². The Morgan fingerprint density at radius 2 is 1.67 bits per heavy atom. The van der Waals surface area contributed by atoms with Gasteiger partial charge in [0.2, 0.25) is 0 Å². The van der Waals surface area contributed by atoms with E-state index in [1.165, 1.54) is 5.01 Å². The summed E-state index contributed by atoms with van der Waals surface area (Å²) in [5.74, 6) is -1.19. The summed E-state index contributed by atoms with van der Waals surface area (Å²) in [6, 6.07) is 13.2. The maximum absolute atomic E-state index is 13.3. The van der Waals surface area contributed by atoms with Crippen LogP contribution < -0.4 is 21.1 Å². The first kappa shape index (κ1) is 24.3. The molecule has 0 fully saturated rings. The molecule has 0 aliphatic carbocycles. The molecule has 0 aromatic heterocycles. The Bertz CT molecular complexity index is 1020. The van der Waals surface area contributed by atoms with Crippen LogP contribution in [0.15, 0.2) is 48.5 Å². The van der Waals surface area contributed by atoms with Gasteiger partial charge < -0.3 is 15.7 Å². The molecular formula is C25H32N4O4. The lowest BCUT2D eigenvalue weighted by molar-refractivity contribution is -0.127. The van der Waals surface area contributed by atoms with Crippen molar-refractivity contribution in [2.24, 2.45) is 5.92 Å².